The van der Waals surface area contributed by atoms with Crippen LogP contribution in [0.1, 0.15) is 26.3 Å². The van der Waals surface area contributed by atoms with Gasteiger partial charge in [0.1, 0.15) is 6.04 Å². The minimum absolute atomic E-state index is 0.212. The highest BCUT2D eigenvalue weighted by atomic mass is 32.2. The van der Waals surface area contributed by atoms with Crippen molar-refractivity contribution in [2.75, 3.05) is 26.1 Å². The number of thioether (sulfide) groups is 1. The van der Waals surface area contributed by atoms with Crippen molar-refractivity contribution < 1.29 is 9.59 Å². The molecule has 1 aromatic heterocycles. The van der Waals surface area contributed by atoms with Crippen molar-refractivity contribution in [3.05, 3.63) is 34.2 Å². The molecule has 0 spiro atoms. The summed E-state index contributed by atoms with van der Waals surface area (Å²) < 4.78 is 2.78. The van der Waals surface area contributed by atoms with E-state index in [-0.39, 0.29) is 11.6 Å². The van der Waals surface area contributed by atoms with Gasteiger partial charge in [-0.15, -0.1) is 0 Å². The Hall–Kier alpha value is -2.22. The number of aryl methyl sites for hydroxylation is 2. The Kier molecular flexibility index (Phi) is 6.64. The van der Waals surface area contributed by atoms with Gasteiger partial charge in [-0.2, -0.15) is 11.8 Å². The Morgan fingerprint density at radius 1 is 1.25 bits per heavy atom. The molecule has 1 aromatic carbocycles. The van der Waals surface area contributed by atoms with Gasteiger partial charge in [0.25, 0.3) is 0 Å². The third-order valence-electron chi connectivity index (χ3n) is 4.69. The van der Waals surface area contributed by atoms with E-state index >= 15 is 0 Å². The molecule has 0 aliphatic carbocycles. The van der Waals surface area contributed by atoms with Gasteiger partial charge in [-0.25, -0.2) is 14.2 Å². The van der Waals surface area contributed by atoms with Crippen LogP contribution in [0.3, 0.4) is 0 Å². The molecule has 28 heavy (non-hydrogen) atoms. The number of nitrogens with zero attached hydrogens (tertiary/aromatic N) is 3. The van der Waals surface area contributed by atoms with Crippen LogP contribution in [0.5, 0.6) is 0 Å². The molecule has 2 rings (SSSR count). The summed E-state index contributed by atoms with van der Waals surface area (Å²) in [7, 11) is 3.30. The predicted molar refractivity (Wildman–Crippen MR) is 115 cm³/mol. The number of rotatable bonds is 5. The zero-order chi connectivity index (χ0) is 21.2. The van der Waals surface area contributed by atoms with Crippen molar-refractivity contribution in [2.45, 2.75) is 40.3 Å². The number of benzene rings is 1. The fourth-order valence-electron chi connectivity index (χ4n) is 3.18. The lowest BCUT2D eigenvalue weighted by atomic mass is 9.86. The second kappa shape index (κ2) is 8.43. The molecule has 1 atom stereocenters. The summed E-state index contributed by atoms with van der Waals surface area (Å²) in [6.45, 7) is 8.09. The topological polar surface area (TPSA) is 76.3 Å². The van der Waals surface area contributed by atoms with E-state index < -0.39 is 17.5 Å². The number of amides is 2. The van der Waals surface area contributed by atoms with Crippen molar-refractivity contribution in [3.8, 4) is 0 Å². The first-order valence-electron chi connectivity index (χ1n) is 9.22. The minimum Gasteiger partial charge on any atom is -0.347 e. The Morgan fingerprint density at radius 3 is 2.43 bits per heavy atom. The molecule has 7 nitrogen and oxygen atoms in total. The quantitative estimate of drug-likeness (QED) is 0.828. The van der Waals surface area contributed by atoms with Crippen molar-refractivity contribution >= 4 is 34.7 Å². The Bertz CT molecular complexity index is 937. The fourth-order valence-corrected chi connectivity index (χ4v) is 3.54. The summed E-state index contributed by atoms with van der Waals surface area (Å²) >= 11 is 1.64. The molecule has 154 valence electrons. The maximum atomic E-state index is 13.1. The van der Waals surface area contributed by atoms with Gasteiger partial charge in [-0.1, -0.05) is 32.9 Å². The number of aromatic nitrogens is 2. The highest BCUT2D eigenvalue weighted by molar-refractivity contribution is 7.98. The summed E-state index contributed by atoms with van der Waals surface area (Å²) in [6, 6.07) is 4.17. The van der Waals surface area contributed by atoms with Crippen LogP contribution in [0.25, 0.3) is 11.0 Å². The molecule has 1 N–H and O–H groups in total. The SMILES string of the molecule is CSCCn1c(=O)n(C(=O)N[C@H](C(=O)N(C)C)C(C)(C)C)c2cccc(C)c21. The lowest BCUT2D eigenvalue weighted by molar-refractivity contribution is -0.133. The molecule has 0 aliphatic rings. The normalized spacial score (nSPS) is 12.8. The Labute approximate surface area is 170 Å². The number of likely N-dealkylation sites (N-methyl/N-ethyl adjacent to an activating group) is 1. The van der Waals surface area contributed by atoms with Crippen LogP contribution in [0.4, 0.5) is 4.79 Å². The summed E-state index contributed by atoms with van der Waals surface area (Å²) in [5.41, 5.74) is 1.34. The van der Waals surface area contributed by atoms with E-state index in [1.54, 1.807) is 36.5 Å². The zero-order valence-electron chi connectivity index (χ0n) is 17.7. The van der Waals surface area contributed by atoms with E-state index in [0.717, 1.165) is 21.4 Å². The second-order valence-corrected chi connectivity index (χ2v) is 9.17. The van der Waals surface area contributed by atoms with Crippen molar-refractivity contribution in [3.63, 3.8) is 0 Å². The third kappa shape index (κ3) is 4.27. The molecule has 0 bridgehead atoms. The molecule has 8 heteroatoms. The largest absolute Gasteiger partial charge is 0.347 e. The fraction of sp³-hybridized carbons (Fsp3) is 0.550. The van der Waals surface area contributed by atoms with Crippen LogP contribution in [0, 0.1) is 12.3 Å². The number of nitrogens with one attached hydrogen (secondary N) is 1. The third-order valence-corrected chi connectivity index (χ3v) is 5.28. The van der Waals surface area contributed by atoms with Gasteiger partial charge >= 0.3 is 11.7 Å². The summed E-state index contributed by atoms with van der Waals surface area (Å²) in [6.07, 6.45) is 1.98. The molecule has 1 heterocycles. The van der Waals surface area contributed by atoms with Crippen LogP contribution in [-0.2, 0) is 11.3 Å². The van der Waals surface area contributed by atoms with Crippen molar-refractivity contribution in [2.24, 2.45) is 5.41 Å². The number of para-hydroxylation sites is 1. The molecular formula is C20H30N4O3S. The van der Waals surface area contributed by atoms with E-state index in [9.17, 15) is 14.4 Å². The maximum absolute atomic E-state index is 13.1. The summed E-state index contributed by atoms with van der Waals surface area (Å²) in [4.78, 5) is 40.3. The monoisotopic (exact) mass is 406 g/mol. The van der Waals surface area contributed by atoms with E-state index in [1.165, 1.54) is 4.90 Å². The molecule has 0 fully saturated rings. The van der Waals surface area contributed by atoms with Crippen molar-refractivity contribution in [1.82, 2.24) is 19.4 Å². The second-order valence-electron chi connectivity index (χ2n) is 8.19. The number of fused-ring (bicyclic) bond motifs is 1. The molecular weight excluding hydrogens is 376 g/mol. The molecule has 0 aliphatic heterocycles. The Balaban J connectivity index is 2.56. The van der Waals surface area contributed by atoms with Gasteiger partial charge in [0.05, 0.1) is 11.0 Å². The number of carbonyl (C=O) groups is 2. The van der Waals surface area contributed by atoms with Crippen LogP contribution < -0.4 is 11.0 Å². The zero-order valence-corrected chi connectivity index (χ0v) is 18.5. The average Bonchev–Trinajstić information content (AvgIpc) is 2.88. The van der Waals surface area contributed by atoms with Crippen LogP contribution in [-0.4, -0.2) is 58.1 Å². The molecule has 2 aromatic rings. The molecule has 0 radical (unpaired) electrons. The van der Waals surface area contributed by atoms with Gasteiger partial charge in [0.2, 0.25) is 5.91 Å². The summed E-state index contributed by atoms with van der Waals surface area (Å²) in [5.74, 6) is 0.551. The first-order chi connectivity index (χ1) is 13.0. The van der Waals surface area contributed by atoms with Gasteiger partial charge in [-0.3, -0.25) is 9.36 Å². The highest BCUT2D eigenvalue weighted by Crippen LogP contribution is 2.22. The van der Waals surface area contributed by atoms with E-state index in [0.29, 0.717) is 12.1 Å². The molecule has 0 saturated carbocycles. The van der Waals surface area contributed by atoms with Gasteiger partial charge in [-0.05, 0) is 30.2 Å². The molecule has 0 unspecified atom stereocenters. The molecule has 2 amide bonds. The average molecular weight is 407 g/mol. The standard InChI is InChI=1S/C20H30N4O3S/c1-13-9-8-10-14-15(13)23(11-12-28-7)19(27)24(14)18(26)21-16(20(2,3)4)17(25)22(5)6/h8-10,16H,11-12H2,1-7H3,(H,21,26)/t16-/m1/s1. The first kappa shape index (κ1) is 22.1. The number of hydrogen-bond acceptors (Lipinski definition) is 4. The maximum Gasteiger partial charge on any atom is 0.337 e. The number of hydrogen-bond donors (Lipinski definition) is 1. The van der Waals surface area contributed by atoms with Crippen molar-refractivity contribution in [1.29, 1.82) is 0 Å². The van der Waals surface area contributed by atoms with Gasteiger partial charge in [0.15, 0.2) is 0 Å². The summed E-state index contributed by atoms with van der Waals surface area (Å²) in [5, 5.41) is 2.79. The van der Waals surface area contributed by atoms with E-state index in [1.807, 2.05) is 46.1 Å². The van der Waals surface area contributed by atoms with E-state index in [4.69, 9.17) is 0 Å². The first-order valence-corrected chi connectivity index (χ1v) is 10.6. The minimum atomic E-state index is -0.753. The van der Waals surface area contributed by atoms with Crippen LogP contribution in [0.2, 0.25) is 0 Å². The van der Waals surface area contributed by atoms with Crippen LogP contribution in [0.15, 0.2) is 23.0 Å². The Morgan fingerprint density at radius 2 is 1.89 bits per heavy atom. The lowest BCUT2D eigenvalue weighted by Crippen LogP contribution is -2.55. The highest BCUT2D eigenvalue weighted by Gasteiger charge is 2.35. The number of imidazole rings is 1. The van der Waals surface area contributed by atoms with E-state index in [2.05, 4.69) is 5.32 Å². The van der Waals surface area contributed by atoms with Gasteiger partial charge < -0.3 is 10.2 Å². The van der Waals surface area contributed by atoms with Gasteiger partial charge in [0, 0.05) is 26.4 Å². The smallest absolute Gasteiger partial charge is 0.337 e. The number of carbonyl (C=O) groups excluding carboxylic acids is 2. The predicted octanol–water partition coefficient (Wildman–Crippen LogP) is 2.54. The molecule has 0 saturated heterocycles. The lowest BCUT2D eigenvalue weighted by Gasteiger charge is -2.32. The van der Waals surface area contributed by atoms with Crippen LogP contribution >= 0.6 is 11.8 Å².